The van der Waals surface area contributed by atoms with Crippen LogP contribution < -0.4 is 5.32 Å². The Morgan fingerprint density at radius 1 is 1.19 bits per heavy atom. The highest BCUT2D eigenvalue weighted by molar-refractivity contribution is 5.65. The van der Waals surface area contributed by atoms with E-state index in [4.69, 9.17) is 0 Å². The highest BCUT2D eigenvalue weighted by Gasteiger charge is 2.20. The second-order valence-corrected chi connectivity index (χ2v) is 4.37. The molecule has 1 aliphatic rings. The molecule has 3 rings (SSSR count). The van der Waals surface area contributed by atoms with Gasteiger partial charge >= 0.3 is 0 Å². The molecule has 0 spiro atoms. The Morgan fingerprint density at radius 2 is 1.94 bits per heavy atom. The van der Waals surface area contributed by atoms with Gasteiger partial charge in [0.2, 0.25) is 0 Å². The van der Waals surface area contributed by atoms with Crippen molar-refractivity contribution in [1.29, 1.82) is 0 Å². The molecule has 0 bridgehead atoms. The Kier molecular flexibility index (Phi) is 2.07. The molecule has 82 valence electrons. The molecule has 1 N–H and O–H groups in total. The smallest absolute Gasteiger partial charge is 0.0814 e. The summed E-state index contributed by atoms with van der Waals surface area (Å²) in [6.45, 7) is 3.94. The van der Waals surface area contributed by atoms with E-state index in [1.165, 1.54) is 28.1 Å². The number of nitrogens with one attached hydrogen (secondary N) is 1. The van der Waals surface area contributed by atoms with Crippen molar-refractivity contribution in [3.8, 4) is 11.3 Å². The lowest BCUT2D eigenvalue weighted by atomic mass is 10.1. The maximum Gasteiger partial charge on any atom is 0.0814 e. The molecule has 0 amide bonds. The zero-order chi connectivity index (χ0) is 11.1. The van der Waals surface area contributed by atoms with Crippen LogP contribution in [0.25, 0.3) is 11.3 Å². The highest BCUT2D eigenvalue weighted by atomic mass is 15.3. The Bertz CT molecular complexity index is 523. The van der Waals surface area contributed by atoms with Crippen molar-refractivity contribution in [2.75, 3.05) is 0 Å². The van der Waals surface area contributed by atoms with Crippen molar-refractivity contribution in [2.24, 2.45) is 7.05 Å². The summed E-state index contributed by atoms with van der Waals surface area (Å²) in [5, 5.41) is 7.88. The van der Waals surface area contributed by atoms with Crippen LogP contribution in [0.2, 0.25) is 0 Å². The molecule has 1 aromatic carbocycles. The van der Waals surface area contributed by atoms with Crippen molar-refractivity contribution in [3.05, 3.63) is 41.1 Å². The molecule has 3 nitrogen and oxygen atoms in total. The molecule has 2 heterocycles. The number of aromatic nitrogens is 2. The SMILES string of the molecule is Cc1ccc(-c2c3c(nn2C)CNC3)cc1. The van der Waals surface area contributed by atoms with Gasteiger partial charge in [0.25, 0.3) is 0 Å². The summed E-state index contributed by atoms with van der Waals surface area (Å²) in [6.07, 6.45) is 0. The predicted octanol–water partition coefficient (Wildman–Crippen LogP) is 2.00. The summed E-state index contributed by atoms with van der Waals surface area (Å²) in [7, 11) is 2.02. The average Bonchev–Trinajstić information content (AvgIpc) is 2.79. The third-order valence-electron chi connectivity index (χ3n) is 3.15. The number of hydrogen-bond acceptors (Lipinski definition) is 2. The quantitative estimate of drug-likeness (QED) is 0.785. The van der Waals surface area contributed by atoms with E-state index in [0.29, 0.717) is 0 Å². The van der Waals surface area contributed by atoms with Crippen LogP contribution in [0.5, 0.6) is 0 Å². The summed E-state index contributed by atoms with van der Waals surface area (Å²) in [4.78, 5) is 0. The number of rotatable bonds is 1. The third kappa shape index (κ3) is 1.36. The molecule has 0 saturated heterocycles. The van der Waals surface area contributed by atoms with Crippen LogP contribution in [0.4, 0.5) is 0 Å². The summed E-state index contributed by atoms with van der Waals surface area (Å²) in [6, 6.07) is 8.64. The topological polar surface area (TPSA) is 29.9 Å². The fourth-order valence-electron chi connectivity index (χ4n) is 2.33. The number of fused-ring (bicyclic) bond motifs is 1. The van der Waals surface area contributed by atoms with Crippen molar-refractivity contribution < 1.29 is 0 Å². The van der Waals surface area contributed by atoms with Crippen LogP contribution in [0.15, 0.2) is 24.3 Å². The van der Waals surface area contributed by atoms with Crippen LogP contribution in [-0.2, 0) is 20.1 Å². The van der Waals surface area contributed by atoms with E-state index >= 15 is 0 Å². The first-order valence-electron chi connectivity index (χ1n) is 5.58. The van der Waals surface area contributed by atoms with Gasteiger partial charge in [-0.15, -0.1) is 0 Å². The summed E-state index contributed by atoms with van der Waals surface area (Å²) < 4.78 is 2.00. The van der Waals surface area contributed by atoms with Crippen molar-refractivity contribution in [3.63, 3.8) is 0 Å². The first kappa shape index (κ1) is 9.60. The number of benzene rings is 1. The van der Waals surface area contributed by atoms with Gasteiger partial charge in [0.1, 0.15) is 0 Å². The zero-order valence-corrected chi connectivity index (χ0v) is 9.62. The molecule has 0 unspecified atom stereocenters. The molecule has 2 aromatic rings. The Balaban J connectivity index is 2.16. The van der Waals surface area contributed by atoms with Gasteiger partial charge in [0.15, 0.2) is 0 Å². The third-order valence-corrected chi connectivity index (χ3v) is 3.15. The number of aryl methyl sites for hydroxylation is 2. The Labute approximate surface area is 95.1 Å². The summed E-state index contributed by atoms with van der Waals surface area (Å²) >= 11 is 0. The van der Waals surface area contributed by atoms with Gasteiger partial charge < -0.3 is 5.32 Å². The van der Waals surface area contributed by atoms with Crippen molar-refractivity contribution in [1.82, 2.24) is 15.1 Å². The fourth-order valence-corrected chi connectivity index (χ4v) is 2.33. The molecule has 3 heteroatoms. The second-order valence-electron chi connectivity index (χ2n) is 4.37. The first-order chi connectivity index (χ1) is 7.75. The minimum absolute atomic E-state index is 0.898. The number of nitrogens with zero attached hydrogens (tertiary/aromatic N) is 2. The van der Waals surface area contributed by atoms with Gasteiger partial charge in [-0.25, -0.2) is 0 Å². The summed E-state index contributed by atoms with van der Waals surface area (Å²) in [5.41, 5.74) is 6.34. The lowest BCUT2D eigenvalue weighted by Crippen LogP contribution is -2.06. The molecule has 0 fully saturated rings. The van der Waals surface area contributed by atoms with Gasteiger partial charge in [-0.1, -0.05) is 29.8 Å². The van der Waals surface area contributed by atoms with Crippen molar-refractivity contribution >= 4 is 0 Å². The maximum atomic E-state index is 4.54. The fraction of sp³-hybridized carbons (Fsp3) is 0.308. The minimum Gasteiger partial charge on any atom is -0.307 e. The van der Waals surface area contributed by atoms with Crippen LogP contribution in [-0.4, -0.2) is 9.78 Å². The van der Waals surface area contributed by atoms with Crippen LogP contribution in [0.1, 0.15) is 16.8 Å². The molecule has 1 aromatic heterocycles. The van der Waals surface area contributed by atoms with Crippen LogP contribution in [0, 0.1) is 6.92 Å². The van der Waals surface area contributed by atoms with E-state index in [1.807, 2.05) is 11.7 Å². The molecular weight excluding hydrogens is 198 g/mol. The second kappa shape index (κ2) is 3.46. The zero-order valence-electron chi connectivity index (χ0n) is 9.62. The Morgan fingerprint density at radius 3 is 2.69 bits per heavy atom. The molecule has 0 saturated carbocycles. The van der Waals surface area contributed by atoms with Gasteiger partial charge in [0, 0.05) is 31.3 Å². The highest BCUT2D eigenvalue weighted by Crippen LogP contribution is 2.28. The van der Waals surface area contributed by atoms with Gasteiger partial charge in [0.05, 0.1) is 11.4 Å². The molecular formula is C13H15N3. The van der Waals surface area contributed by atoms with E-state index in [1.54, 1.807) is 0 Å². The van der Waals surface area contributed by atoms with E-state index in [0.717, 1.165) is 13.1 Å². The number of hydrogen-bond donors (Lipinski definition) is 1. The van der Waals surface area contributed by atoms with E-state index < -0.39 is 0 Å². The average molecular weight is 213 g/mol. The molecule has 1 aliphatic heterocycles. The lowest BCUT2D eigenvalue weighted by molar-refractivity contribution is 0.693. The van der Waals surface area contributed by atoms with Crippen molar-refractivity contribution in [2.45, 2.75) is 20.0 Å². The molecule has 0 radical (unpaired) electrons. The molecule has 16 heavy (non-hydrogen) atoms. The van der Waals surface area contributed by atoms with Gasteiger partial charge in [-0.3, -0.25) is 4.68 Å². The summed E-state index contributed by atoms with van der Waals surface area (Å²) in [5.74, 6) is 0. The predicted molar refractivity (Wildman–Crippen MR) is 63.9 cm³/mol. The van der Waals surface area contributed by atoms with E-state index in [9.17, 15) is 0 Å². The lowest BCUT2D eigenvalue weighted by Gasteiger charge is -2.05. The maximum absolute atomic E-state index is 4.54. The van der Waals surface area contributed by atoms with E-state index in [-0.39, 0.29) is 0 Å². The standard InChI is InChI=1S/C13H15N3/c1-9-3-5-10(6-4-9)13-11-7-14-8-12(11)15-16(13)2/h3-6,14H,7-8H2,1-2H3. The Hall–Kier alpha value is -1.61. The molecule has 0 aliphatic carbocycles. The largest absolute Gasteiger partial charge is 0.307 e. The monoisotopic (exact) mass is 213 g/mol. The first-order valence-corrected chi connectivity index (χ1v) is 5.58. The van der Waals surface area contributed by atoms with Gasteiger partial charge in [-0.05, 0) is 6.92 Å². The van der Waals surface area contributed by atoms with E-state index in [2.05, 4.69) is 41.6 Å². The van der Waals surface area contributed by atoms with Crippen LogP contribution >= 0.6 is 0 Å². The van der Waals surface area contributed by atoms with Gasteiger partial charge in [-0.2, -0.15) is 5.10 Å². The van der Waals surface area contributed by atoms with Crippen LogP contribution in [0.3, 0.4) is 0 Å². The molecule has 0 atom stereocenters. The minimum atomic E-state index is 0.898. The normalized spacial score (nSPS) is 14.1.